The van der Waals surface area contributed by atoms with Crippen molar-refractivity contribution in [1.82, 2.24) is 0 Å². The maximum atomic E-state index is 2.36. The zero-order valence-corrected chi connectivity index (χ0v) is 6.89. The monoisotopic (exact) mass is 142 g/mol. The summed E-state index contributed by atoms with van der Waals surface area (Å²) in [6.45, 7) is 9.43. The van der Waals surface area contributed by atoms with Gasteiger partial charge in [0.2, 0.25) is 0 Å². The van der Waals surface area contributed by atoms with Crippen LogP contribution in [0.2, 0.25) is 0 Å². The molecule has 1 aliphatic carbocycles. The smallest absolute Gasteiger partial charge is 0 e. The van der Waals surface area contributed by atoms with Crippen LogP contribution in [-0.4, -0.2) is 8.41 Å². The SMILES string of the molecule is C.CC1C(C)C(C)C1C.[2HH].[B]. The van der Waals surface area contributed by atoms with Gasteiger partial charge in [-0.1, -0.05) is 35.1 Å². The molecule has 0 spiro atoms. The highest BCUT2D eigenvalue weighted by Crippen LogP contribution is 2.44. The zero-order valence-electron chi connectivity index (χ0n) is 6.89. The molecule has 0 amide bonds. The summed E-state index contributed by atoms with van der Waals surface area (Å²) >= 11 is 0. The Balaban J connectivity index is -0.000000213. The molecule has 0 aromatic rings. The predicted molar refractivity (Wildman–Crippen MR) is 51.3 cm³/mol. The summed E-state index contributed by atoms with van der Waals surface area (Å²) in [5, 5.41) is 0. The highest BCUT2D eigenvalue weighted by molar-refractivity contribution is 5.75. The van der Waals surface area contributed by atoms with Gasteiger partial charge in [-0.25, -0.2) is 0 Å². The Morgan fingerprint density at radius 1 is 0.700 bits per heavy atom. The number of rotatable bonds is 0. The molecule has 0 N–H and O–H groups in total. The van der Waals surface area contributed by atoms with E-state index in [1.54, 1.807) is 0 Å². The Morgan fingerprint density at radius 2 is 0.800 bits per heavy atom. The van der Waals surface area contributed by atoms with Gasteiger partial charge in [-0.05, 0) is 23.7 Å². The Labute approximate surface area is 69.5 Å². The van der Waals surface area contributed by atoms with E-state index in [1.807, 2.05) is 0 Å². The summed E-state index contributed by atoms with van der Waals surface area (Å²) in [6.07, 6.45) is 0. The Kier molecular flexibility index (Phi) is 5.15. The van der Waals surface area contributed by atoms with Crippen molar-refractivity contribution in [3.8, 4) is 0 Å². The summed E-state index contributed by atoms with van der Waals surface area (Å²) < 4.78 is 0. The molecule has 0 aromatic carbocycles. The summed E-state index contributed by atoms with van der Waals surface area (Å²) in [4.78, 5) is 0. The highest BCUT2D eigenvalue weighted by atomic mass is 14.4. The molecule has 0 nitrogen and oxygen atoms in total. The zero-order chi connectivity index (χ0) is 6.31. The van der Waals surface area contributed by atoms with Crippen molar-refractivity contribution in [3.05, 3.63) is 0 Å². The van der Waals surface area contributed by atoms with Crippen molar-refractivity contribution in [1.29, 1.82) is 0 Å². The van der Waals surface area contributed by atoms with E-state index in [1.165, 1.54) is 0 Å². The van der Waals surface area contributed by atoms with Crippen LogP contribution in [0.3, 0.4) is 0 Å². The summed E-state index contributed by atoms with van der Waals surface area (Å²) in [5.41, 5.74) is 0. The van der Waals surface area contributed by atoms with Gasteiger partial charge in [-0.2, -0.15) is 0 Å². The third-order valence-corrected chi connectivity index (χ3v) is 3.32. The third-order valence-electron chi connectivity index (χ3n) is 3.32. The molecular formula is C9H22B. The summed E-state index contributed by atoms with van der Waals surface area (Å²) in [6, 6.07) is 0. The molecule has 61 valence electrons. The van der Waals surface area contributed by atoms with E-state index in [-0.39, 0.29) is 17.3 Å². The van der Waals surface area contributed by atoms with Crippen LogP contribution in [-0.2, 0) is 0 Å². The van der Waals surface area contributed by atoms with E-state index < -0.39 is 0 Å². The van der Waals surface area contributed by atoms with Crippen molar-refractivity contribution >= 4 is 8.41 Å². The summed E-state index contributed by atoms with van der Waals surface area (Å²) in [5.74, 6) is 3.91. The molecular weight excluding hydrogens is 119 g/mol. The van der Waals surface area contributed by atoms with Crippen LogP contribution in [0.15, 0.2) is 0 Å². The molecule has 1 saturated carbocycles. The fourth-order valence-corrected chi connectivity index (χ4v) is 1.77. The molecule has 3 radical (unpaired) electrons. The van der Waals surface area contributed by atoms with Crippen molar-refractivity contribution in [2.75, 3.05) is 0 Å². The lowest BCUT2D eigenvalue weighted by Crippen LogP contribution is -2.39. The minimum absolute atomic E-state index is 0. The number of hydrogen-bond donors (Lipinski definition) is 0. The quantitative estimate of drug-likeness (QED) is 0.456. The lowest BCUT2D eigenvalue weighted by Gasteiger charge is -2.45. The molecule has 1 rings (SSSR count). The maximum absolute atomic E-state index is 2.36. The van der Waals surface area contributed by atoms with Crippen LogP contribution in [0, 0.1) is 23.7 Å². The molecule has 10 heavy (non-hydrogen) atoms. The van der Waals surface area contributed by atoms with E-state index in [4.69, 9.17) is 0 Å². The number of hydrogen-bond acceptors (Lipinski definition) is 0. The average molecular weight is 142 g/mol. The molecule has 0 unspecified atom stereocenters. The predicted octanol–water partition coefficient (Wildman–Crippen LogP) is 3.05. The van der Waals surface area contributed by atoms with E-state index in [0.29, 0.717) is 0 Å². The highest BCUT2D eigenvalue weighted by Gasteiger charge is 2.38. The van der Waals surface area contributed by atoms with Gasteiger partial charge in [0.15, 0.2) is 0 Å². The fraction of sp³-hybridized carbons (Fsp3) is 1.00. The van der Waals surface area contributed by atoms with Crippen LogP contribution >= 0.6 is 0 Å². The van der Waals surface area contributed by atoms with Gasteiger partial charge in [-0.15, -0.1) is 0 Å². The minimum atomic E-state index is 0. The van der Waals surface area contributed by atoms with Gasteiger partial charge in [0.1, 0.15) is 0 Å². The molecule has 0 aromatic heterocycles. The molecule has 1 aliphatic rings. The van der Waals surface area contributed by atoms with Gasteiger partial charge < -0.3 is 0 Å². The molecule has 0 bridgehead atoms. The first kappa shape index (κ1) is 12.7. The molecule has 0 saturated heterocycles. The average Bonchev–Trinajstić information content (AvgIpc) is 1.83. The third kappa shape index (κ3) is 1.56. The second-order valence-corrected chi connectivity index (χ2v) is 3.44. The minimum Gasteiger partial charge on any atom is -0.0776 e. The van der Waals surface area contributed by atoms with Gasteiger partial charge in [0.05, 0.1) is 0 Å². The second-order valence-electron chi connectivity index (χ2n) is 3.44. The van der Waals surface area contributed by atoms with E-state index in [9.17, 15) is 0 Å². The van der Waals surface area contributed by atoms with Gasteiger partial charge in [0, 0.05) is 9.84 Å². The molecule has 0 aliphatic heterocycles. The van der Waals surface area contributed by atoms with Crippen molar-refractivity contribution < 1.29 is 1.43 Å². The molecule has 0 heterocycles. The maximum Gasteiger partial charge on any atom is 0 e. The van der Waals surface area contributed by atoms with E-state index in [0.717, 1.165) is 23.7 Å². The second kappa shape index (κ2) is 4.05. The van der Waals surface area contributed by atoms with Crippen LogP contribution in [0.4, 0.5) is 0 Å². The van der Waals surface area contributed by atoms with Gasteiger partial charge in [-0.3, -0.25) is 0 Å². The van der Waals surface area contributed by atoms with Gasteiger partial charge >= 0.3 is 0 Å². The Morgan fingerprint density at radius 3 is 0.900 bits per heavy atom. The lowest BCUT2D eigenvalue weighted by molar-refractivity contribution is 0.0302. The summed E-state index contributed by atoms with van der Waals surface area (Å²) in [7, 11) is 0. The van der Waals surface area contributed by atoms with Crippen LogP contribution < -0.4 is 0 Å². The topological polar surface area (TPSA) is 0 Å². The van der Waals surface area contributed by atoms with Crippen molar-refractivity contribution in [2.24, 2.45) is 23.7 Å². The Hall–Kier alpha value is 0.0649. The Bertz CT molecular complexity index is 63.6. The molecule has 1 heteroatoms. The largest absolute Gasteiger partial charge is 0.0776 e. The molecule has 0 atom stereocenters. The van der Waals surface area contributed by atoms with E-state index >= 15 is 0 Å². The fourth-order valence-electron chi connectivity index (χ4n) is 1.77. The molecule has 1 fully saturated rings. The van der Waals surface area contributed by atoms with Crippen LogP contribution in [0.1, 0.15) is 36.5 Å². The van der Waals surface area contributed by atoms with E-state index in [2.05, 4.69) is 27.7 Å². The van der Waals surface area contributed by atoms with Crippen LogP contribution in [0.5, 0.6) is 0 Å². The van der Waals surface area contributed by atoms with Crippen LogP contribution in [0.25, 0.3) is 0 Å². The van der Waals surface area contributed by atoms with Crippen molar-refractivity contribution in [3.63, 3.8) is 0 Å². The first-order valence-corrected chi connectivity index (χ1v) is 3.64. The van der Waals surface area contributed by atoms with Crippen molar-refractivity contribution in [2.45, 2.75) is 35.1 Å². The first-order valence-electron chi connectivity index (χ1n) is 3.64. The first-order chi connectivity index (χ1) is 3.64. The lowest BCUT2D eigenvalue weighted by atomic mass is 9.60. The standard InChI is InChI=1S/C8H16.CH4.B.H2/c1-5-6(2)8(4)7(5)3;;;/h5-8H,1-4H3;1H4;;1H/i;;;1+1. The normalized spacial score (nSPS) is 44.4. The van der Waals surface area contributed by atoms with Gasteiger partial charge in [0.25, 0.3) is 0 Å².